The molecule has 0 saturated carbocycles. The Balaban J connectivity index is 3.19. The number of unbranched alkanes of at least 4 members (excludes halogenated alkanes) is 3. The first-order valence-electron chi connectivity index (χ1n) is 4.95. The second kappa shape index (κ2) is 8.47. The van der Waals surface area contributed by atoms with E-state index in [1.54, 1.807) is 0 Å². The molecule has 0 aromatic carbocycles. The van der Waals surface area contributed by atoms with Gasteiger partial charge in [-0.1, -0.05) is 13.0 Å². The second-order valence-corrected chi connectivity index (χ2v) is 4.35. The molecule has 0 unspecified atom stereocenters. The van der Waals surface area contributed by atoms with Crippen molar-refractivity contribution in [3.8, 4) is 0 Å². The van der Waals surface area contributed by atoms with E-state index in [1.165, 1.54) is 0 Å². The van der Waals surface area contributed by atoms with Crippen LogP contribution in [0.4, 0.5) is 0 Å². The van der Waals surface area contributed by atoms with E-state index in [1.807, 2.05) is 0 Å². The minimum Gasteiger partial charge on any atom is -0.463 e. The van der Waals surface area contributed by atoms with Crippen LogP contribution < -0.4 is 0 Å². The summed E-state index contributed by atoms with van der Waals surface area (Å²) in [6.07, 6.45) is 3.98. The highest BCUT2D eigenvalue weighted by Gasteiger charge is 2.12. The van der Waals surface area contributed by atoms with Gasteiger partial charge in [0.05, 0.1) is 13.2 Å². The lowest BCUT2D eigenvalue weighted by Gasteiger charge is -2.05. The van der Waals surface area contributed by atoms with E-state index in [2.05, 4.69) is 11.1 Å². The van der Waals surface area contributed by atoms with Crippen molar-refractivity contribution in [3.63, 3.8) is 0 Å². The van der Waals surface area contributed by atoms with Crippen LogP contribution >= 0.6 is 7.82 Å². The lowest BCUT2D eigenvalue weighted by Crippen LogP contribution is -2.01. The quantitative estimate of drug-likeness (QED) is 0.279. The van der Waals surface area contributed by atoms with Crippen LogP contribution in [0.5, 0.6) is 0 Å². The molecule has 0 aliphatic rings. The van der Waals surface area contributed by atoms with E-state index in [-0.39, 0.29) is 6.61 Å². The number of hydrogen-bond donors (Lipinski definition) is 2. The number of carbonyl (C=O) groups is 1. The van der Waals surface area contributed by atoms with Gasteiger partial charge in [-0.2, -0.15) is 0 Å². The Morgan fingerprint density at radius 1 is 1.19 bits per heavy atom. The highest BCUT2D eigenvalue weighted by Crippen LogP contribution is 2.35. The van der Waals surface area contributed by atoms with Crippen molar-refractivity contribution in [1.29, 1.82) is 0 Å². The number of esters is 1. The summed E-state index contributed by atoms with van der Waals surface area (Å²) in [7, 11) is -4.32. The molecule has 0 saturated heterocycles. The smallest absolute Gasteiger partial charge is 0.463 e. The Bertz CT molecular complexity index is 259. The maximum atomic E-state index is 10.6. The van der Waals surface area contributed by atoms with Crippen molar-refractivity contribution < 1.29 is 28.4 Å². The van der Waals surface area contributed by atoms with Gasteiger partial charge in [0.15, 0.2) is 0 Å². The number of phosphoric ester groups is 1. The van der Waals surface area contributed by atoms with Gasteiger partial charge in [-0.15, -0.1) is 0 Å². The lowest BCUT2D eigenvalue weighted by molar-refractivity contribution is -0.137. The van der Waals surface area contributed by atoms with Gasteiger partial charge in [-0.25, -0.2) is 9.36 Å². The predicted octanol–water partition coefficient (Wildman–Crippen LogP) is 1.39. The zero-order valence-electron chi connectivity index (χ0n) is 9.00. The SMILES string of the molecule is C=CC(=O)OCCCCCCOP(=O)(O)O. The summed E-state index contributed by atoms with van der Waals surface area (Å²) >= 11 is 0. The normalized spacial score (nSPS) is 11.1. The number of carbonyl (C=O) groups excluding carboxylic acids is 1. The van der Waals surface area contributed by atoms with Crippen molar-refractivity contribution in [2.75, 3.05) is 13.2 Å². The molecule has 0 amide bonds. The average molecular weight is 252 g/mol. The number of rotatable bonds is 9. The maximum Gasteiger partial charge on any atom is 0.469 e. The number of ether oxygens (including phenoxy) is 1. The van der Waals surface area contributed by atoms with E-state index in [9.17, 15) is 9.36 Å². The molecule has 0 spiro atoms. The minimum absolute atomic E-state index is 0.0384. The van der Waals surface area contributed by atoms with Crippen molar-refractivity contribution >= 4 is 13.8 Å². The van der Waals surface area contributed by atoms with Gasteiger partial charge in [0.2, 0.25) is 0 Å². The summed E-state index contributed by atoms with van der Waals surface area (Å²) in [5.41, 5.74) is 0. The summed E-state index contributed by atoms with van der Waals surface area (Å²) in [5, 5.41) is 0. The first kappa shape index (κ1) is 15.3. The molecule has 0 heterocycles. The zero-order valence-corrected chi connectivity index (χ0v) is 9.90. The van der Waals surface area contributed by atoms with Gasteiger partial charge >= 0.3 is 13.8 Å². The molecule has 6 nitrogen and oxygen atoms in total. The van der Waals surface area contributed by atoms with Crippen molar-refractivity contribution in [1.82, 2.24) is 0 Å². The van der Waals surface area contributed by atoms with Crippen molar-refractivity contribution in [2.24, 2.45) is 0 Å². The highest BCUT2D eigenvalue weighted by atomic mass is 31.2. The first-order chi connectivity index (χ1) is 7.45. The molecule has 0 fully saturated rings. The molecule has 0 rings (SSSR count). The van der Waals surface area contributed by atoms with Crippen LogP contribution in [-0.4, -0.2) is 29.0 Å². The summed E-state index contributed by atoms with van der Waals surface area (Å²) < 4.78 is 19.3. The molecule has 7 heteroatoms. The van der Waals surface area contributed by atoms with Crippen LogP contribution in [0.3, 0.4) is 0 Å². The molecular weight excluding hydrogens is 235 g/mol. The molecule has 94 valence electrons. The summed E-state index contributed by atoms with van der Waals surface area (Å²) in [6.45, 7) is 3.63. The maximum absolute atomic E-state index is 10.6. The van der Waals surface area contributed by atoms with Gasteiger partial charge in [0, 0.05) is 6.08 Å². The van der Waals surface area contributed by atoms with Crippen LogP contribution in [0, 0.1) is 0 Å². The highest BCUT2D eigenvalue weighted by molar-refractivity contribution is 7.46. The topological polar surface area (TPSA) is 93.1 Å². The average Bonchev–Trinajstić information content (AvgIpc) is 2.20. The van der Waals surface area contributed by atoms with Gasteiger partial charge in [-0.3, -0.25) is 4.52 Å². The minimum atomic E-state index is -4.32. The van der Waals surface area contributed by atoms with E-state index in [4.69, 9.17) is 14.5 Å². The van der Waals surface area contributed by atoms with Gasteiger partial charge in [-0.05, 0) is 19.3 Å². The Labute approximate surface area is 94.5 Å². The molecule has 0 bridgehead atoms. The Kier molecular flexibility index (Phi) is 8.11. The van der Waals surface area contributed by atoms with E-state index in [0.29, 0.717) is 13.0 Å². The molecule has 16 heavy (non-hydrogen) atoms. The summed E-state index contributed by atoms with van der Waals surface area (Å²) in [4.78, 5) is 27.3. The second-order valence-electron chi connectivity index (χ2n) is 3.11. The van der Waals surface area contributed by atoms with Crippen LogP contribution in [0.2, 0.25) is 0 Å². The fraction of sp³-hybridized carbons (Fsp3) is 0.667. The Morgan fingerprint density at radius 3 is 2.25 bits per heavy atom. The van der Waals surface area contributed by atoms with Gasteiger partial charge in [0.1, 0.15) is 0 Å². The molecule has 2 N–H and O–H groups in total. The zero-order chi connectivity index (χ0) is 12.4. The predicted molar refractivity (Wildman–Crippen MR) is 57.6 cm³/mol. The van der Waals surface area contributed by atoms with E-state index < -0.39 is 13.8 Å². The third-order valence-electron chi connectivity index (χ3n) is 1.71. The van der Waals surface area contributed by atoms with Crippen LogP contribution in [0.15, 0.2) is 12.7 Å². The molecule has 0 atom stereocenters. The Hall–Kier alpha value is -0.680. The summed E-state index contributed by atoms with van der Waals surface area (Å²) in [6, 6.07) is 0. The number of hydrogen-bond acceptors (Lipinski definition) is 4. The van der Waals surface area contributed by atoms with Crippen molar-refractivity contribution in [3.05, 3.63) is 12.7 Å². The molecule has 0 aromatic heterocycles. The van der Waals surface area contributed by atoms with Crippen molar-refractivity contribution in [2.45, 2.75) is 25.7 Å². The molecule has 0 aliphatic heterocycles. The van der Waals surface area contributed by atoms with Gasteiger partial charge < -0.3 is 14.5 Å². The van der Waals surface area contributed by atoms with Crippen LogP contribution in [0.1, 0.15) is 25.7 Å². The standard InChI is InChI=1S/C9H17O6P/c1-2-9(10)14-7-5-3-4-6-8-15-16(11,12)13/h2H,1,3-8H2,(H2,11,12,13). The van der Waals surface area contributed by atoms with E-state index >= 15 is 0 Å². The fourth-order valence-electron chi connectivity index (χ4n) is 0.973. The molecule has 0 radical (unpaired) electrons. The molecule has 0 aromatic rings. The first-order valence-corrected chi connectivity index (χ1v) is 6.48. The molecule has 0 aliphatic carbocycles. The Morgan fingerprint density at radius 2 is 1.75 bits per heavy atom. The lowest BCUT2D eigenvalue weighted by atomic mass is 10.2. The third-order valence-corrected chi connectivity index (χ3v) is 2.23. The van der Waals surface area contributed by atoms with Crippen LogP contribution in [-0.2, 0) is 18.6 Å². The fourth-order valence-corrected chi connectivity index (χ4v) is 1.34. The molecular formula is C9H17O6P. The summed E-state index contributed by atoms with van der Waals surface area (Å²) in [5.74, 6) is -0.440. The third kappa shape index (κ3) is 11.4. The monoisotopic (exact) mass is 252 g/mol. The van der Waals surface area contributed by atoms with E-state index in [0.717, 1.165) is 25.3 Å². The van der Waals surface area contributed by atoms with Crippen LogP contribution in [0.25, 0.3) is 0 Å². The number of phosphoric acid groups is 1. The van der Waals surface area contributed by atoms with Gasteiger partial charge in [0.25, 0.3) is 0 Å². The largest absolute Gasteiger partial charge is 0.469 e.